The van der Waals surface area contributed by atoms with Crippen LogP contribution in [0, 0.1) is 0 Å². The van der Waals surface area contributed by atoms with E-state index in [2.05, 4.69) is 22.1 Å². The second-order valence-corrected chi connectivity index (χ2v) is 5.12. The van der Waals surface area contributed by atoms with Gasteiger partial charge in [0.1, 0.15) is 12.4 Å². The molecule has 1 aromatic carbocycles. The van der Waals surface area contributed by atoms with Gasteiger partial charge in [-0.05, 0) is 30.8 Å². The lowest BCUT2D eigenvalue weighted by molar-refractivity contribution is 0.0953. The van der Waals surface area contributed by atoms with Crippen molar-refractivity contribution in [2.75, 3.05) is 45.9 Å². The molecular formula is C15H24N4O2. The summed E-state index contributed by atoms with van der Waals surface area (Å²) in [7, 11) is 0. The van der Waals surface area contributed by atoms with E-state index in [1.54, 1.807) is 24.3 Å². The summed E-state index contributed by atoms with van der Waals surface area (Å²) in [5, 5.41) is 0. The minimum Gasteiger partial charge on any atom is -0.492 e. The van der Waals surface area contributed by atoms with Crippen molar-refractivity contribution in [1.29, 1.82) is 0 Å². The van der Waals surface area contributed by atoms with Gasteiger partial charge in [0.15, 0.2) is 0 Å². The van der Waals surface area contributed by atoms with Crippen molar-refractivity contribution in [1.82, 2.24) is 15.2 Å². The molecule has 0 aliphatic carbocycles. The van der Waals surface area contributed by atoms with E-state index in [0.717, 1.165) is 45.0 Å². The highest BCUT2D eigenvalue weighted by Gasteiger charge is 2.14. The van der Waals surface area contributed by atoms with Gasteiger partial charge in [-0.25, -0.2) is 5.84 Å². The number of hydrazine groups is 1. The second kappa shape index (κ2) is 7.97. The third-order valence-electron chi connectivity index (χ3n) is 3.84. The molecule has 1 aromatic rings. The largest absolute Gasteiger partial charge is 0.492 e. The fraction of sp³-hybridized carbons (Fsp3) is 0.533. The number of hydrogen-bond donors (Lipinski definition) is 2. The number of carbonyl (C=O) groups excluding carboxylic acids is 1. The average molecular weight is 292 g/mol. The number of rotatable bonds is 6. The molecule has 21 heavy (non-hydrogen) atoms. The van der Waals surface area contributed by atoms with Gasteiger partial charge in [-0.1, -0.05) is 6.92 Å². The normalized spacial score (nSPS) is 16.7. The highest BCUT2D eigenvalue weighted by Crippen LogP contribution is 2.12. The number of nitrogens with zero attached hydrogens (tertiary/aromatic N) is 2. The fourth-order valence-corrected chi connectivity index (χ4v) is 2.41. The molecule has 1 fully saturated rings. The Bertz CT molecular complexity index is 441. The molecule has 0 spiro atoms. The van der Waals surface area contributed by atoms with Crippen molar-refractivity contribution in [3.8, 4) is 5.75 Å². The van der Waals surface area contributed by atoms with Gasteiger partial charge in [-0.15, -0.1) is 0 Å². The summed E-state index contributed by atoms with van der Waals surface area (Å²) < 4.78 is 5.71. The maximum absolute atomic E-state index is 11.3. The molecule has 6 nitrogen and oxygen atoms in total. The molecule has 0 radical (unpaired) electrons. The third kappa shape index (κ3) is 4.70. The SMILES string of the molecule is CCN1CCN(CCOc2ccc(C(=O)NN)cc2)CC1. The Morgan fingerprint density at radius 2 is 1.81 bits per heavy atom. The summed E-state index contributed by atoms with van der Waals surface area (Å²) in [5.74, 6) is 5.56. The first kappa shape index (κ1) is 15.8. The van der Waals surface area contributed by atoms with E-state index in [0.29, 0.717) is 12.2 Å². The lowest BCUT2D eigenvalue weighted by Crippen LogP contribution is -2.47. The van der Waals surface area contributed by atoms with Crippen LogP contribution in [-0.4, -0.2) is 61.6 Å². The number of likely N-dealkylation sites (N-methyl/N-ethyl adjacent to an activating group) is 1. The number of nitrogen functional groups attached to an aromatic ring is 1. The van der Waals surface area contributed by atoms with Crippen molar-refractivity contribution < 1.29 is 9.53 Å². The smallest absolute Gasteiger partial charge is 0.265 e. The predicted octanol–water partition coefficient (Wildman–Crippen LogP) is 0.306. The molecule has 0 bridgehead atoms. The van der Waals surface area contributed by atoms with Crippen LogP contribution in [0.2, 0.25) is 0 Å². The summed E-state index contributed by atoms with van der Waals surface area (Å²) in [6.45, 7) is 9.41. The van der Waals surface area contributed by atoms with E-state index in [1.165, 1.54) is 0 Å². The number of benzene rings is 1. The molecule has 0 unspecified atom stereocenters. The fourth-order valence-electron chi connectivity index (χ4n) is 2.41. The molecule has 1 aliphatic rings. The predicted molar refractivity (Wildman–Crippen MR) is 82.1 cm³/mol. The lowest BCUT2D eigenvalue weighted by atomic mass is 10.2. The average Bonchev–Trinajstić information content (AvgIpc) is 2.55. The molecule has 1 heterocycles. The minimum atomic E-state index is -0.296. The Morgan fingerprint density at radius 1 is 1.19 bits per heavy atom. The summed E-state index contributed by atoms with van der Waals surface area (Å²) in [6, 6.07) is 6.99. The Kier molecular flexibility index (Phi) is 5.98. The molecule has 0 atom stereocenters. The van der Waals surface area contributed by atoms with Crippen LogP contribution in [0.3, 0.4) is 0 Å². The summed E-state index contributed by atoms with van der Waals surface area (Å²) in [5.41, 5.74) is 2.63. The van der Waals surface area contributed by atoms with Crippen LogP contribution in [-0.2, 0) is 0 Å². The number of amides is 1. The molecule has 1 saturated heterocycles. The summed E-state index contributed by atoms with van der Waals surface area (Å²) in [4.78, 5) is 16.2. The van der Waals surface area contributed by atoms with Gasteiger partial charge in [0.05, 0.1) is 0 Å². The van der Waals surface area contributed by atoms with Crippen LogP contribution >= 0.6 is 0 Å². The summed E-state index contributed by atoms with van der Waals surface area (Å²) >= 11 is 0. The third-order valence-corrected chi connectivity index (χ3v) is 3.84. The highest BCUT2D eigenvalue weighted by atomic mass is 16.5. The standard InChI is InChI=1S/C15H24N4O2/c1-2-18-7-9-19(10-8-18)11-12-21-14-5-3-13(4-6-14)15(20)17-16/h3-6H,2,7-12,16H2,1H3,(H,17,20). The quantitative estimate of drug-likeness (QED) is 0.448. The molecule has 1 aliphatic heterocycles. The van der Waals surface area contributed by atoms with Crippen LogP contribution in [0.1, 0.15) is 17.3 Å². The molecule has 6 heteroatoms. The van der Waals surface area contributed by atoms with Crippen molar-refractivity contribution in [3.05, 3.63) is 29.8 Å². The monoisotopic (exact) mass is 292 g/mol. The van der Waals surface area contributed by atoms with E-state index < -0.39 is 0 Å². The first-order chi connectivity index (χ1) is 10.2. The van der Waals surface area contributed by atoms with Crippen LogP contribution in [0.25, 0.3) is 0 Å². The minimum absolute atomic E-state index is 0.296. The van der Waals surface area contributed by atoms with Gasteiger partial charge in [-0.2, -0.15) is 0 Å². The van der Waals surface area contributed by atoms with Gasteiger partial charge in [0.2, 0.25) is 0 Å². The van der Waals surface area contributed by atoms with E-state index in [1.807, 2.05) is 0 Å². The number of ether oxygens (including phenoxy) is 1. The molecular weight excluding hydrogens is 268 g/mol. The van der Waals surface area contributed by atoms with Gasteiger partial charge in [-0.3, -0.25) is 15.1 Å². The zero-order chi connectivity index (χ0) is 15.1. The second-order valence-electron chi connectivity index (χ2n) is 5.12. The van der Waals surface area contributed by atoms with Gasteiger partial charge >= 0.3 is 0 Å². The first-order valence-electron chi connectivity index (χ1n) is 7.41. The van der Waals surface area contributed by atoms with Crippen LogP contribution in [0.15, 0.2) is 24.3 Å². The topological polar surface area (TPSA) is 70.8 Å². The van der Waals surface area contributed by atoms with Crippen molar-refractivity contribution in [2.45, 2.75) is 6.92 Å². The van der Waals surface area contributed by atoms with Crippen molar-refractivity contribution in [3.63, 3.8) is 0 Å². The first-order valence-corrected chi connectivity index (χ1v) is 7.41. The Balaban J connectivity index is 1.70. The van der Waals surface area contributed by atoms with Crippen molar-refractivity contribution >= 4 is 5.91 Å². The number of nitrogens with two attached hydrogens (primary N) is 1. The maximum atomic E-state index is 11.3. The van der Waals surface area contributed by atoms with Gasteiger partial charge in [0, 0.05) is 38.3 Å². The number of carbonyl (C=O) groups is 1. The number of hydrogen-bond acceptors (Lipinski definition) is 5. The van der Waals surface area contributed by atoms with E-state index in [-0.39, 0.29) is 5.91 Å². The zero-order valence-electron chi connectivity index (χ0n) is 12.5. The Hall–Kier alpha value is -1.63. The Morgan fingerprint density at radius 3 is 2.38 bits per heavy atom. The Labute approximate surface area is 125 Å². The van der Waals surface area contributed by atoms with Crippen molar-refractivity contribution in [2.24, 2.45) is 5.84 Å². The molecule has 116 valence electrons. The van der Waals surface area contributed by atoms with E-state index in [4.69, 9.17) is 10.6 Å². The molecule has 2 rings (SSSR count). The van der Waals surface area contributed by atoms with E-state index >= 15 is 0 Å². The molecule has 3 N–H and O–H groups in total. The van der Waals surface area contributed by atoms with Crippen LogP contribution in [0.5, 0.6) is 5.75 Å². The maximum Gasteiger partial charge on any atom is 0.265 e. The van der Waals surface area contributed by atoms with Gasteiger partial charge < -0.3 is 9.64 Å². The molecule has 1 amide bonds. The lowest BCUT2D eigenvalue weighted by Gasteiger charge is -2.33. The van der Waals surface area contributed by atoms with E-state index in [9.17, 15) is 4.79 Å². The zero-order valence-corrected chi connectivity index (χ0v) is 12.5. The summed E-state index contributed by atoms with van der Waals surface area (Å²) in [6.07, 6.45) is 0. The molecule has 0 saturated carbocycles. The van der Waals surface area contributed by atoms with Crippen LogP contribution in [0.4, 0.5) is 0 Å². The van der Waals surface area contributed by atoms with Gasteiger partial charge in [0.25, 0.3) is 5.91 Å². The highest BCUT2D eigenvalue weighted by molar-refractivity contribution is 5.93. The number of nitrogens with one attached hydrogen (secondary N) is 1. The molecule has 0 aromatic heterocycles. The van der Waals surface area contributed by atoms with Crippen LogP contribution < -0.4 is 16.0 Å². The number of piperazine rings is 1.